The fourth-order valence-electron chi connectivity index (χ4n) is 5.15. The molecule has 0 atom stereocenters. The minimum absolute atomic E-state index is 0.399. The van der Waals surface area contributed by atoms with Gasteiger partial charge in [0.05, 0.1) is 11.1 Å². The molecule has 0 saturated carbocycles. The second-order valence-corrected chi connectivity index (χ2v) is 12.0. The number of carbonyl (C=O) groups excluding carboxylic acids is 2. The summed E-state index contributed by atoms with van der Waals surface area (Å²) in [5.74, 6) is -1.21. The van der Waals surface area contributed by atoms with Gasteiger partial charge in [-0.3, -0.25) is 9.78 Å². The van der Waals surface area contributed by atoms with Crippen molar-refractivity contribution < 1.29 is 29.1 Å². The van der Waals surface area contributed by atoms with Crippen molar-refractivity contribution in [2.45, 2.75) is 155 Å². The molecule has 0 aliphatic heterocycles. The molecule has 0 spiro atoms. The molecule has 0 heterocycles. The highest BCUT2D eigenvalue weighted by molar-refractivity contribution is 5.89. The molecule has 44 heavy (non-hydrogen) atoms. The van der Waals surface area contributed by atoms with Crippen molar-refractivity contribution in [2.75, 3.05) is 0 Å². The quantitative estimate of drug-likeness (QED) is 0.0457. The highest BCUT2D eigenvalue weighted by Crippen LogP contribution is 2.17. The molecule has 6 heteroatoms. The van der Waals surface area contributed by atoms with Gasteiger partial charge in [-0.05, 0) is 67.5 Å². The molecule has 0 saturated heterocycles. The third-order valence-electron chi connectivity index (χ3n) is 8.02. The molecular weight excluding hydrogens is 552 g/mol. The standard InChI is InChI=1S/C38H58O6/c1-4-7-10-13-14-15-16-17-20-23-36(41-43-37(39)34-28-24-32(25-29-34)21-18-11-8-5-2)42-44-38(40)35-30-26-33(27-31-35)22-19-12-9-6-3/h24-31,36H,4-23H2,1-3H3. The predicted molar refractivity (Wildman–Crippen MR) is 177 cm³/mol. The van der Waals surface area contributed by atoms with Gasteiger partial charge in [-0.15, -0.1) is 9.78 Å². The van der Waals surface area contributed by atoms with Crippen molar-refractivity contribution in [3.8, 4) is 0 Å². The number of hydrogen-bond acceptors (Lipinski definition) is 6. The van der Waals surface area contributed by atoms with E-state index in [9.17, 15) is 9.59 Å². The number of aryl methyl sites for hydroxylation is 2. The van der Waals surface area contributed by atoms with Crippen molar-refractivity contribution in [1.82, 2.24) is 0 Å². The Morgan fingerprint density at radius 3 is 1.20 bits per heavy atom. The lowest BCUT2D eigenvalue weighted by molar-refractivity contribution is -0.421. The molecule has 2 rings (SSSR count). The van der Waals surface area contributed by atoms with E-state index in [0.717, 1.165) is 44.9 Å². The van der Waals surface area contributed by atoms with Gasteiger partial charge in [0.2, 0.25) is 6.29 Å². The lowest BCUT2D eigenvalue weighted by Crippen LogP contribution is -2.22. The predicted octanol–water partition coefficient (Wildman–Crippen LogP) is 11.1. The van der Waals surface area contributed by atoms with Crippen LogP contribution in [0.25, 0.3) is 0 Å². The van der Waals surface area contributed by atoms with Gasteiger partial charge in [-0.25, -0.2) is 9.59 Å². The van der Waals surface area contributed by atoms with Crippen molar-refractivity contribution in [2.24, 2.45) is 0 Å². The topological polar surface area (TPSA) is 71.1 Å². The van der Waals surface area contributed by atoms with Crippen LogP contribution in [0.4, 0.5) is 0 Å². The van der Waals surface area contributed by atoms with Crippen LogP contribution in [0.3, 0.4) is 0 Å². The van der Waals surface area contributed by atoms with E-state index in [2.05, 4.69) is 20.8 Å². The Morgan fingerprint density at radius 1 is 0.477 bits per heavy atom. The summed E-state index contributed by atoms with van der Waals surface area (Å²) in [6, 6.07) is 14.8. The minimum atomic E-state index is -1.01. The summed E-state index contributed by atoms with van der Waals surface area (Å²) in [5, 5.41) is 0. The molecule has 0 aliphatic rings. The van der Waals surface area contributed by atoms with Crippen molar-refractivity contribution in [1.29, 1.82) is 0 Å². The van der Waals surface area contributed by atoms with Crippen molar-refractivity contribution in [3.63, 3.8) is 0 Å². The molecular formula is C38H58O6. The molecule has 0 fully saturated rings. The zero-order valence-electron chi connectivity index (χ0n) is 27.8. The third kappa shape index (κ3) is 17.0. The molecule has 0 unspecified atom stereocenters. The van der Waals surface area contributed by atoms with Crippen LogP contribution in [0.1, 0.15) is 168 Å². The molecule has 0 aliphatic carbocycles. The van der Waals surface area contributed by atoms with E-state index in [1.807, 2.05) is 24.3 Å². The first-order valence-corrected chi connectivity index (χ1v) is 17.5. The van der Waals surface area contributed by atoms with Crippen LogP contribution in [-0.2, 0) is 32.4 Å². The number of unbranched alkanes of at least 4 members (excludes halogenated alkanes) is 14. The second-order valence-electron chi connectivity index (χ2n) is 12.0. The van der Waals surface area contributed by atoms with Crippen LogP contribution in [0.5, 0.6) is 0 Å². The van der Waals surface area contributed by atoms with Gasteiger partial charge in [0, 0.05) is 6.42 Å². The molecule has 0 amide bonds. The summed E-state index contributed by atoms with van der Waals surface area (Å²) in [7, 11) is 0. The smallest absolute Gasteiger partial charge is 0.290 e. The van der Waals surface area contributed by atoms with Crippen LogP contribution in [-0.4, -0.2) is 18.2 Å². The summed E-state index contributed by atoms with van der Waals surface area (Å²) >= 11 is 0. The van der Waals surface area contributed by atoms with E-state index in [4.69, 9.17) is 19.6 Å². The Kier molecular flexibility index (Phi) is 21.0. The van der Waals surface area contributed by atoms with Crippen LogP contribution in [0.2, 0.25) is 0 Å². The normalized spacial score (nSPS) is 11.2. The first kappa shape index (κ1) is 37.5. The maximum absolute atomic E-state index is 12.7. The molecule has 6 nitrogen and oxygen atoms in total. The Hall–Kier alpha value is -2.70. The molecule has 246 valence electrons. The zero-order valence-corrected chi connectivity index (χ0v) is 27.8. The van der Waals surface area contributed by atoms with Gasteiger partial charge in [-0.1, -0.05) is 135 Å². The Bertz CT molecular complexity index is 929. The average molecular weight is 611 g/mol. The molecule has 2 aromatic rings. The van der Waals surface area contributed by atoms with Crippen molar-refractivity contribution >= 4 is 11.9 Å². The lowest BCUT2D eigenvalue weighted by atomic mass is 10.0. The number of benzene rings is 2. The Labute approximate surface area is 267 Å². The fourth-order valence-corrected chi connectivity index (χ4v) is 5.15. The summed E-state index contributed by atoms with van der Waals surface area (Å²) in [6.45, 7) is 6.63. The average Bonchev–Trinajstić information content (AvgIpc) is 3.05. The zero-order chi connectivity index (χ0) is 31.7. The number of rotatable bonds is 26. The van der Waals surface area contributed by atoms with E-state index in [-0.39, 0.29) is 0 Å². The minimum Gasteiger partial charge on any atom is -0.290 e. The van der Waals surface area contributed by atoms with Crippen molar-refractivity contribution in [3.05, 3.63) is 70.8 Å². The van der Waals surface area contributed by atoms with Gasteiger partial charge in [0.25, 0.3) is 0 Å². The van der Waals surface area contributed by atoms with Crippen LogP contribution in [0.15, 0.2) is 48.5 Å². The molecule has 0 bridgehead atoms. The second kappa shape index (κ2) is 24.6. The van der Waals surface area contributed by atoms with Gasteiger partial charge in [0.1, 0.15) is 0 Å². The lowest BCUT2D eigenvalue weighted by Gasteiger charge is -2.15. The van der Waals surface area contributed by atoms with Gasteiger partial charge in [0.15, 0.2) is 0 Å². The van der Waals surface area contributed by atoms with Gasteiger partial charge >= 0.3 is 11.9 Å². The largest absolute Gasteiger partial charge is 0.373 e. The van der Waals surface area contributed by atoms with Gasteiger partial charge < -0.3 is 0 Å². The number of carbonyl (C=O) groups is 2. The van der Waals surface area contributed by atoms with E-state index in [1.54, 1.807) is 24.3 Å². The van der Waals surface area contributed by atoms with E-state index < -0.39 is 18.2 Å². The highest BCUT2D eigenvalue weighted by atomic mass is 17.3. The fraction of sp³-hybridized carbons (Fsp3) is 0.632. The first-order chi connectivity index (χ1) is 21.6. The van der Waals surface area contributed by atoms with E-state index >= 15 is 0 Å². The maximum Gasteiger partial charge on any atom is 0.373 e. The van der Waals surface area contributed by atoms with E-state index in [0.29, 0.717) is 17.5 Å². The summed E-state index contributed by atoms with van der Waals surface area (Å²) in [6.07, 6.45) is 21.5. The SMILES string of the molecule is CCCCCCCCCCCC(OOC(=O)c1ccc(CCCCCC)cc1)OOC(=O)c1ccc(CCCCCC)cc1. The summed E-state index contributed by atoms with van der Waals surface area (Å²) in [4.78, 5) is 46.4. The molecule has 2 aromatic carbocycles. The Balaban J connectivity index is 1.84. The molecule has 0 radical (unpaired) electrons. The Morgan fingerprint density at radius 2 is 0.818 bits per heavy atom. The van der Waals surface area contributed by atoms with E-state index in [1.165, 1.54) is 88.2 Å². The highest BCUT2D eigenvalue weighted by Gasteiger charge is 2.20. The van der Waals surface area contributed by atoms with Crippen LogP contribution < -0.4 is 0 Å². The number of hydrogen-bond donors (Lipinski definition) is 0. The van der Waals surface area contributed by atoms with Gasteiger partial charge in [-0.2, -0.15) is 0 Å². The molecule has 0 aromatic heterocycles. The van der Waals surface area contributed by atoms with Crippen LogP contribution in [0, 0.1) is 0 Å². The molecule has 0 N–H and O–H groups in total. The maximum atomic E-state index is 12.7. The first-order valence-electron chi connectivity index (χ1n) is 17.5. The summed E-state index contributed by atoms with van der Waals surface area (Å²) < 4.78 is 0. The summed E-state index contributed by atoms with van der Waals surface area (Å²) in [5.41, 5.74) is 3.19. The van der Waals surface area contributed by atoms with Crippen LogP contribution >= 0.6 is 0 Å². The third-order valence-corrected chi connectivity index (χ3v) is 8.02. The monoisotopic (exact) mass is 610 g/mol.